The molecule has 0 aliphatic carbocycles. The van der Waals surface area contributed by atoms with Crippen LogP contribution in [0.15, 0.2) is 0 Å². The lowest BCUT2D eigenvalue weighted by Crippen LogP contribution is -2.45. The number of hydrazine groups is 1. The maximum atomic E-state index is 11.3. The van der Waals surface area contributed by atoms with Gasteiger partial charge < -0.3 is 10.5 Å². The van der Waals surface area contributed by atoms with Crippen LogP contribution in [0.5, 0.6) is 0 Å². The number of rotatable bonds is 16. The van der Waals surface area contributed by atoms with Crippen LogP contribution in [0, 0.1) is 5.92 Å². The molecule has 0 aliphatic rings. The maximum absolute atomic E-state index is 11.3. The molecule has 1 unspecified atom stereocenters. The molecule has 0 saturated carbocycles. The average molecular weight is 574 g/mol. The minimum atomic E-state index is -0.890. The van der Waals surface area contributed by atoms with Gasteiger partial charge in [-0.1, -0.05) is 108 Å². The minimum absolute atomic E-state index is 0.110. The fraction of sp³-hybridized carbons (Fsp3) is 0.880. The largest absolute Gasteiger partial charge is 0.468 e. The summed E-state index contributed by atoms with van der Waals surface area (Å²) in [5.41, 5.74) is 8.31. The molecule has 0 heterocycles. The lowest BCUT2D eigenvalue weighted by atomic mass is 10.1. The van der Waals surface area contributed by atoms with Gasteiger partial charge in [-0.3, -0.25) is 24.6 Å². The molecule has 218 valence electrons. The molecule has 0 aromatic carbocycles. The molecule has 0 spiro atoms. The molecule has 0 radical (unpaired) electrons. The first-order chi connectivity index (χ1) is 16.9. The average Bonchev–Trinajstić information content (AvgIpc) is 2.81. The highest BCUT2D eigenvalue weighted by Crippen LogP contribution is 2.35. The molecule has 1 amide bonds. The molecule has 1 atom stereocenters. The summed E-state index contributed by atoms with van der Waals surface area (Å²) >= 11 is 3.53. The van der Waals surface area contributed by atoms with E-state index in [0.29, 0.717) is 6.61 Å². The second kappa shape index (κ2) is 30.8. The molecule has 0 rings (SSSR count). The SMILES string of the molecule is CC.CC(C)C.COC(=O)CN(NC(=O)C=O)OCCCCCCCC(N)CSSC(C)(C)C.CS. The molecule has 3 N–H and O–H groups in total. The Balaban J connectivity index is -0.000000564. The van der Waals surface area contributed by atoms with Gasteiger partial charge in [0.15, 0.2) is 0 Å². The van der Waals surface area contributed by atoms with Crippen molar-refractivity contribution in [3.8, 4) is 0 Å². The van der Waals surface area contributed by atoms with Crippen LogP contribution in [-0.2, 0) is 24.0 Å². The van der Waals surface area contributed by atoms with Gasteiger partial charge >= 0.3 is 5.97 Å². The number of aldehydes is 1. The molecular formula is C25H55N3O5S3. The number of carbonyl (C=O) groups is 3. The number of unbranched alkanes of at least 4 members (excludes halogenated alkanes) is 4. The number of methoxy groups -OCH3 is 1. The Labute approximate surface area is 235 Å². The summed E-state index contributed by atoms with van der Waals surface area (Å²) in [5.74, 6) is 0.333. The van der Waals surface area contributed by atoms with E-state index in [9.17, 15) is 14.4 Å². The van der Waals surface area contributed by atoms with Crippen LogP contribution in [0.1, 0.15) is 93.9 Å². The molecule has 8 nitrogen and oxygen atoms in total. The number of hydrogen-bond acceptors (Lipinski definition) is 10. The number of amides is 1. The third kappa shape index (κ3) is 40.7. The molecule has 0 aliphatic heterocycles. The van der Waals surface area contributed by atoms with Gasteiger partial charge in [-0.05, 0) is 25.0 Å². The number of thiol groups is 1. The number of carbonyl (C=O) groups excluding carboxylic acids is 3. The van der Waals surface area contributed by atoms with Crippen molar-refractivity contribution in [2.24, 2.45) is 11.7 Å². The van der Waals surface area contributed by atoms with Gasteiger partial charge in [0.1, 0.15) is 6.54 Å². The Kier molecular flexibility index (Phi) is 36.4. The topological polar surface area (TPSA) is 111 Å². The standard InChI is InChI=1S/C18H35N3O5S2.C4H10.C2H6.CH4S/c1-18(2,3)28-27-14-15(19)10-8-6-5-7-9-11-26-21(12-17(24)25-4)20-16(23)13-22;1-4(2)3;2*1-2/h13,15H,5-12,14,19H2,1-4H3,(H,20,23);4H,1-3H3;1-2H3;2H,1H3. The van der Waals surface area contributed by atoms with E-state index < -0.39 is 11.9 Å². The van der Waals surface area contributed by atoms with Crippen molar-refractivity contribution < 1.29 is 24.0 Å². The molecule has 36 heavy (non-hydrogen) atoms. The Morgan fingerprint density at radius 3 is 2.03 bits per heavy atom. The van der Waals surface area contributed by atoms with E-state index in [2.05, 4.69) is 64.3 Å². The van der Waals surface area contributed by atoms with Gasteiger partial charge in [0.05, 0.1) is 13.7 Å². The summed E-state index contributed by atoms with van der Waals surface area (Å²) in [6.45, 7) is 17.1. The molecule has 0 bridgehead atoms. The Bertz CT molecular complexity index is 505. The third-order valence-electron chi connectivity index (χ3n) is 3.40. The second-order valence-electron chi connectivity index (χ2n) is 9.07. The highest BCUT2D eigenvalue weighted by atomic mass is 33.1. The third-order valence-corrected chi connectivity index (χ3v) is 6.84. The number of hydroxylamine groups is 1. The van der Waals surface area contributed by atoms with Gasteiger partial charge in [-0.25, -0.2) is 0 Å². The highest BCUT2D eigenvalue weighted by molar-refractivity contribution is 8.77. The van der Waals surface area contributed by atoms with Gasteiger partial charge in [0, 0.05) is 16.5 Å². The first-order valence-electron chi connectivity index (χ1n) is 12.6. The molecule has 0 aromatic rings. The normalized spacial score (nSPS) is 11.2. The van der Waals surface area contributed by atoms with Crippen molar-refractivity contribution in [3.63, 3.8) is 0 Å². The zero-order valence-corrected chi connectivity index (χ0v) is 27.0. The van der Waals surface area contributed by atoms with E-state index in [1.54, 1.807) is 6.26 Å². The monoisotopic (exact) mass is 573 g/mol. The van der Waals surface area contributed by atoms with E-state index in [1.807, 2.05) is 35.4 Å². The zero-order chi connectivity index (χ0) is 29.0. The van der Waals surface area contributed by atoms with Crippen LogP contribution in [0.4, 0.5) is 0 Å². The first kappa shape index (κ1) is 42.6. The van der Waals surface area contributed by atoms with Crippen molar-refractivity contribution in [2.45, 2.75) is 105 Å². The van der Waals surface area contributed by atoms with Crippen molar-refractivity contribution in [2.75, 3.05) is 32.3 Å². The summed E-state index contributed by atoms with van der Waals surface area (Å²) in [7, 11) is 4.95. The smallest absolute Gasteiger partial charge is 0.324 e. The van der Waals surface area contributed by atoms with Gasteiger partial charge in [0.2, 0.25) is 6.29 Å². The number of nitrogens with two attached hydrogens (primary N) is 1. The lowest BCUT2D eigenvalue weighted by Gasteiger charge is -2.19. The van der Waals surface area contributed by atoms with Crippen LogP contribution >= 0.6 is 34.2 Å². The molecule has 11 heteroatoms. The Morgan fingerprint density at radius 2 is 1.56 bits per heavy atom. The maximum Gasteiger partial charge on any atom is 0.324 e. The van der Waals surface area contributed by atoms with E-state index in [4.69, 9.17) is 10.6 Å². The number of esters is 1. The fourth-order valence-corrected chi connectivity index (χ4v) is 4.60. The summed E-state index contributed by atoms with van der Waals surface area (Å²) in [4.78, 5) is 38.1. The molecule has 0 fully saturated rings. The van der Waals surface area contributed by atoms with Gasteiger partial charge in [-0.2, -0.15) is 12.6 Å². The number of nitrogens with one attached hydrogen (secondary N) is 1. The van der Waals surface area contributed by atoms with Crippen LogP contribution in [-0.4, -0.2) is 66.4 Å². The van der Waals surface area contributed by atoms with Crippen LogP contribution in [0.25, 0.3) is 0 Å². The first-order valence-corrected chi connectivity index (χ1v) is 15.9. The van der Waals surface area contributed by atoms with E-state index in [0.717, 1.165) is 55.4 Å². The molecule has 0 saturated heterocycles. The van der Waals surface area contributed by atoms with Gasteiger partial charge in [0.25, 0.3) is 5.91 Å². The quantitative estimate of drug-likeness (QED) is 0.0407. The molecule has 0 aromatic heterocycles. The van der Waals surface area contributed by atoms with Crippen LogP contribution in [0.3, 0.4) is 0 Å². The van der Waals surface area contributed by atoms with Crippen LogP contribution < -0.4 is 11.2 Å². The molecular weight excluding hydrogens is 518 g/mol. The van der Waals surface area contributed by atoms with Crippen molar-refractivity contribution in [1.82, 2.24) is 10.6 Å². The van der Waals surface area contributed by atoms with Gasteiger partial charge in [-0.15, -0.1) is 0 Å². The van der Waals surface area contributed by atoms with E-state index in [-0.39, 0.29) is 23.6 Å². The van der Waals surface area contributed by atoms with Crippen molar-refractivity contribution in [1.29, 1.82) is 0 Å². The Hall–Kier alpha value is -0.460. The zero-order valence-electron chi connectivity index (χ0n) is 24.4. The van der Waals surface area contributed by atoms with E-state index >= 15 is 0 Å². The van der Waals surface area contributed by atoms with Crippen molar-refractivity contribution in [3.05, 3.63) is 0 Å². The highest BCUT2D eigenvalue weighted by Gasteiger charge is 2.14. The van der Waals surface area contributed by atoms with Crippen LogP contribution in [0.2, 0.25) is 0 Å². The van der Waals surface area contributed by atoms with E-state index in [1.165, 1.54) is 7.11 Å². The number of hydrogen-bond donors (Lipinski definition) is 3. The Morgan fingerprint density at radius 1 is 1.06 bits per heavy atom. The minimum Gasteiger partial charge on any atom is -0.468 e. The second-order valence-corrected chi connectivity index (χ2v) is 12.2. The lowest BCUT2D eigenvalue weighted by molar-refractivity contribution is -0.205. The predicted molar refractivity (Wildman–Crippen MR) is 161 cm³/mol. The summed E-state index contributed by atoms with van der Waals surface area (Å²) < 4.78 is 4.77. The fourth-order valence-electron chi connectivity index (χ4n) is 2.04. The summed E-state index contributed by atoms with van der Waals surface area (Å²) in [5, 5.41) is 0.925. The van der Waals surface area contributed by atoms with Crippen molar-refractivity contribution >= 4 is 52.4 Å². The predicted octanol–water partition coefficient (Wildman–Crippen LogP) is 5.71. The number of nitrogens with zero attached hydrogens (tertiary/aromatic N) is 1. The number of ether oxygens (including phenoxy) is 1. The summed E-state index contributed by atoms with van der Waals surface area (Å²) in [6, 6.07) is 0.233. The summed E-state index contributed by atoms with van der Waals surface area (Å²) in [6.07, 6.45) is 7.86.